The SMILES string of the molecule is O=Cc1ccccc1CC#Cc1ccc(C(F)(F)F)cc1. The largest absolute Gasteiger partial charge is 0.416 e. The Kier molecular flexibility index (Phi) is 4.44. The highest BCUT2D eigenvalue weighted by atomic mass is 19.4. The molecule has 2 aromatic rings. The minimum Gasteiger partial charge on any atom is -0.298 e. The van der Waals surface area contributed by atoms with E-state index in [1.165, 1.54) is 12.1 Å². The van der Waals surface area contributed by atoms with E-state index in [1.54, 1.807) is 18.2 Å². The molecule has 21 heavy (non-hydrogen) atoms. The second kappa shape index (κ2) is 6.27. The van der Waals surface area contributed by atoms with E-state index in [4.69, 9.17) is 0 Å². The van der Waals surface area contributed by atoms with Crippen molar-refractivity contribution < 1.29 is 18.0 Å². The van der Waals surface area contributed by atoms with Gasteiger partial charge in [-0.15, -0.1) is 0 Å². The van der Waals surface area contributed by atoms with Crippen LogP contribution in [0.5, 0.6) is 0 Å². The van der Waals surface area contributed by atoms with Gasteiger partial charge in [0.25, 0.3) is 0 Å². The van der Waals surface area contributed by atoms with Crippen molar-refractivity contribution in [2.24, 2.45) is 0 Å². The van der Waals surface area contributed by atoms with Crippen molar-refractivity contribution >= 4 is 6.29 Å². The molecule has 0 saturated carbocycles. The average Bonchev–Trinajstić information content (AvgIpc) is 2.47. The predicted molar refractivity (Wildman–Crippen MR) is 73.9 cm³/mol. The summed E-state index contributed by atoms with van der Waals surface area (Å²) in [5, 5.41) is 0. The standard InChI is InChI=1S/C17H11F3O/c18-17(19,20)16-10-8-13(9-11-16)4-3-7-14-5-1-2-6-15(14)12-21/h1-2,5-6,8-12H,7H2. The van der Waals surface area contributed by atoms with Gasteiger partial charge in [0.05, 0.1) is 5.56 Å². The van der Waals surface area contributed by atoms with Crippen LogP contribution in [0.25, 0.3) is 0 Å². The number of aldehydes is 1. The number of carbonyl (C=O) groups excluding carboxylic acids is 1. The molecule has 0 heterocycles. The van der Waals surface area contributed by atoms with Gasteiger partial charge in [0.2, 0.25) is 0 Å². The van der Waals surface area contributed by atoms with Gasteiger partial charge >= 0.3 is 6.18 Å². The molecule has 2 rings (SSSR count). The predicted octanol–water partition coefficient (Wildman–Crippen LogP) is 4.11. The minimum atomic E-state index is -4.34. The van der Waals surface area contributed by atoms with E-state index in [-0.39, 0.29) is 0 Å². The molecule has 0 aliphatic rings. The van der Waals surface area contributed by atoms with Gasteiger partial charge in [0, 0.05) is 17.5 Å². The molecule has 0 spiro atoms. The molecule has 4 heteroatoms. The van der Waals surface area contributed by atoms with E-state index >= 15 is 0 Å². The molecule has 0 bridgehead atoms. The molecule has 1 nitrogen and oxygen atoms in total. The number of halogens is 3. The average molecular weight is 288 g/mol. The fraction of sp³-hybridized carbons (Fsp3) is 0.118. The molecule has 2 aromatic carbocycles. The van der Waals surface area contributed by atoms with Gasteiger partial charge in [-0.25, -0.2) is 0 Å². The third-order valence-electron chi connectivity index (χ3n) is 2.91. The van der Waals surface area contributed by atoms with Gasteiger partial charge in [-0.05, 0) is 29.8 Å². The Morgan fingerprint density at radius 3 is 2.29 bits per heavy atom. The molecule has 0 amide bonds. The highest BCUT2D eigenvalue weighted by molar-refractivity contribution is 5.77. The van der Waals surface area contributed by atoms with Crippen LogP contribution in [0.15, 0.2) is 48.5 Å². The van der Waals surface area contributed by atoms with Crippen LogP contribution < -0.4 is 0 Å². The Hall–Kier alpha value is -2.54. The summed E-state index contributed by atoms with van der Waals surface area (Å²) < 4.78 is 37.2. The first kappa shape index (κ1) is 14.9. The van der Waals surface area contributed by atoms with Crippen molar-refractivity contribution in [2.45, 2.75) is 12.6 Å². The monoisotopic (exact) mass is 288 g/mol. The summed E-state index contributed by atoms with van der Waals surface area (Å²) in [5.74, 6) is 5.65. The quantitative estimate of drug-likeness (QED) is 0.600. The van der Waals surface area contributed by atoms with E-state index in [2.05, 4.69) is 11.8 Å². The van der Waals surface area contributed by atoms with E-state index < -0.39 is 11.7 Å². The third-order valence-corrected chi connectivity index (χ3v) is 2.91. The van der Waals surface area contributed by atoms with E-state index in [9.17, 15) is 18.0 Å². The Morgan fingerprint density at radius 2 is 1.67 bits per heavy atom. The smallest absolute Gasteiger partial charge is 0.298 e. The van der Waals surface area contributed by atoms with Gasteiger partial charge in [-0.1, -0.05) is 36.1 Å². The van der Waals surface area contributed by atoms with Gasteiger partial charge in [-0.2, -0.15) is 13.2 Å². The van der Waals surface area contributed by atoms with Gasteiger partial charge < -0.3 is 0 Å². The van der Waals surface area contributed by atoms with Crippen LogP contribution in [0.1, 0.15) is 27.0 Å². The lowest BCUT2D eigenvalue weighted by Gasteiger charge is -2.05. The maximum absolute atomic E-state index is 12.4. The van der Waals surface area contributed by atoms with Crippen molar-refractivity contribution in [3.8, 4) is 11.8 Å². The molecule has 0 saturated heterocycles. The molecular formula is C17H11F3O. The van der Waals surface area contributed by atoms with Crippen LogP contribution in [0.3, 0.4) is 0 Å². The Balaban J connectivity index is 2.11. The normalized spacial score (nSPS) is 10.6. The van der Waals surface area contributed by atoms with Crippen molar-refractivity contribution in [3.63, 3.8) is 0 Å². The van der Waals surface area contributed by atoms with Crippen molar-refractivity contribution in [3.05, 3.63) is 70.8 Å². The summed E-state index contributed by atoms with van der Waals surface area (Å²) in [7, 11) is 0. The van der Waals surface area contributed by atoms with Crippen LogP contribution in [-0.4, -0.2) is 6.29 Å². The minimum absolute atomic E-state index is 0.371. The highest BCUT2D eigenvalue weighted by Crippen LogP contribution is 2.28. The molecule has 0 fully saturated rings. The first-order chi connectivity index (χ1) is 10.0. The Labute approximate surface area is 120 Å². The van der Waals surface area contributed by atoms with Crippen LogP contribution >= 0.6 is 0 Å². The summed E-state index contributed by atoms with van der Waals surface area (Å²) in [6.45, 7) is 0. The number of carbonyl (C=O) groups is 1. The number of hydrogen-bond acceptors (Lipinski definition) is 1. The topological polar surface area (TPSA) is 17.1 Å². The van der Waals surface area contributed by atoms with Crippen LogP contribution in [0.4, 0.5) is 13.2 Å². The van der Waals surface area contributed by atoms with Crippen LogP contribution in [-0.2, 0) is 12.6 Å². The van der Waals surface area contributed by atoms with Gasteiger partial charge in [-0.3, -0.25) is 4.79 Å². The highest BCUT2D eigenvalue weighted by Gasteiger charge is 2.29. The van der Waals surface area contributed by atoms with Crippen LogP contribution in [0.2, 0.25) is 0 Å². The maximum atomic E-state index is 12.4. The second-order valence-electron chi connectivity index (χ2n) is 4.37. The third kappa shape index (κ3) is 3.96. The van der Waals surface area contributed by atoms with Crippen molar-refractivity contribution in [1.29, 1.82) is 0 Å². The van der Waals surface area contributed by atoms with Gasteiger partial charge in [0.15, 0.2) is 0 Å². The number of hydrogen-bond donors (Lipinski definition) is 0. The zero-order chi connectivity index (χ0) is 15.3. The molecule has 0 aliphatic heterocycles. The molecule has 0 radical (unpaired) electrons. The molecular weight excluding hydrogens is 277 g/mol. The lowest BCUT2D eigenvalue weighted by Crippen LogP contribution is -2.04. The molecule has 0 N–H and O–H groups in total. The maximum Gasteiger partial charge on any atom is 0.416 e. The number of rotatable bonds is 2. The zero-order valence-corrected chi connectivity index (χ0v) is 10.9. The summed E-state index contributed by atoms with van der Waals surface area (Å²) in [6.07, 6.45) is -3.21. The zero-order valence-electron chi connectivity index (χ0n) is 10.9. The molecule has 0 aromatic heterocycles. The number of benzene rings is 2. The fourth-order valence-corrected chi connectivity index (χ4v) is 1.79. The van der Waals surface area contributed by atoms with Crippen molar-refractivity contribution in [1.82, 2.24) is 0 Å². The first-order valence-electron chi connectivity index (χ1n) is 6.20. The Bertz CT molecular complexity index is 688. The van der Waals surface area contributed by atoms with E-state index in [1.807, 2.05) is 6.07 Å². The molecule has 106 valence electrons. The summed E-state index contributed by atoms with van der Waals surface area (Å²) in [4.78, 5) is 10.8. The first-order valence-corrected chi connectivity index (χ1v) is 6.20. The lowest BCUT2D eigenvalue weighted by molar-refractivity contribution is -0.137. The summed E-state index contributed by atoms with van der Waals surface area (Å²) in [6, 6.07) is 11.7. The summed E-state index contributed by atoms with van der Waals surface area (Å²) >= 11 is 0. The van der Waals surface area contributed by atoms with E-state index in [0.717, 1.165) is 24.0 Å². The van der Waals surface area contributed by atoms with Crippen molar-refractivity contribution in [2.75, 3.05) is 0 Å². The Morgan fingerprint density at radius 1 is 1.00 bits per heavy atom. The molecule has 0 atom stereocenters. The van der Waals surface area contributed by atoms with Gasteiger partial charge in [0.1, 0.15) is 6.29 Å². The fourth-order valence-electron chi connectivity index (χ4n) is 1.79. The molecule has 0 aliphatic carbocycles. The lowest BCUT2D eigenvalue weighted by atomic mass is 10.1. The second-order valence-corrected chi connectivity index (χ2v) is 4.37. The molecule has 0 unspecified atom stereocenters. The van der Waals surface area contributed by atoms with E-state index in [0.29, 0.717) is 17.5 Å². The number of alkyl halides is 3. The summed E-state index contributed by atoms with van der Waals surface area (Å²) in [5.41, 5.74) is 1.18. The van der Waals surface area contributed by atoms with Crippen LogP contribution in [0, 0.1) is 11.8 Å².